The Morgan fingerprint density at radius 1 is 1.19 bits per heavy atom. The van der Waals surface area contributed by atoms with Gasteiger partial charge in [-0.1, -0.05) is 17.3 Å². The SMILES string of the molecule is COC(=O)CNC(=O)Cc1ccc(NC(=O)C(C)c2c(C)noc2C)cc1. The maximum atomic E-state index is 12.5. The topological polar surface area (TPSA) is 111 Å². The number of carbonyl (C=O) groups excluding carboxylic acids is 3. The van der Waals surface area contributed by atoms with Gasteiger partial charge in [0.2, 0.25) is 11.8 Å². The zero-order chi connectivity index (χ0) is 20.0. The molecule has 1 aromatic heterocycles. The van der Waals surface area contributed by atoms with Crippen molar-refractivity contribution in [3.63, 3.8) is 0 Å². The number of nitrogens with zero attached hydrogens (tertiary/aromatic N) is 1. The number of benzene rings is 1. The fourth-order valence-electron chi connectivity index (χ4n) is 2.69. The average molecular weight is 373 g/mol. The van der Waals surface area contributed by atoms with Gasteiger partial charge in [0.15, 0.2) is 0 Å². The van der Waals surface area contributed by atoms with Gasteiger partial charge in [-0.2, -0.15) is 0 Å². The van der Waals surface area contributed by atoms with Crippen LogP contribution in [0.4, 0.5) is 5.69 Å². The lowest BCUT2D eigenvalue weighted by molar-refractivity contribution is -0.141. The quantitative estimate of drug-likeness (QED) is 0.717. The molecule has 2 aromatic rings. The summed E-state index contributed by atoms with van der Waals surface area (Å²) >= 11 is 0. The Hall–Kier alpha value is -3.16. The third-order valence-electron chi connectivity index (χ3n) is 4.16. The summed E-state index contributed by atoms with van der Waals surface area (Å²) < 4.78 is 9.58. The van der Waals surface area contributed by atoms with Crippen LogP contribution >= 0.6 is 0 Å². The third kappa shape index (κ3) is 5.40. The standard InChI is InChI=1S/C19H23N3O5/c1-11(18-12(2)22-27-13(18)3)19(25)21-15-7-5-14(6-8-15)9-16(23)20-10-17(24)26-4/h5-8,11H,9-10H2,1-4H3,(H,20,23)(H,21,25). The van der Waals surface area contributed by atoms with Crippen LogP contribution in [0.5, 0.6) is 0 Å². The van der Waals surface area contributed by atoms with Crippen molar-refractivity contribution >= 4 is 23.5 Å². The minimum atomic E-state index is -0.506. The van der Waals surface area contributed by atoms with Gasteiger partial charge < -0.3 is 19.9 Å². The second-order valence-corrected chi connectivity index (χ2v) is 6.18. The molecule has 0 bridgehead atoms. The van der Waals surface area contributed by atoms with Crippen molar-refractivity contribution in [1.29, 1.82) is 0 Å². The van der Waals surface area contributed by atoms with E-state index in [-0.39, 0.29) is 24.8 Å². The van der Waals surface area contributed by atoms with Gasteiger partial charge in [-0.3, -0.25) is 14.4 Å². The number of hydrogen-bond donors (Lipinski definition) is 2. The largest absolute Gasteiger partial charge is 0.468 e. The van der Waals surface area contributed by atoms with Crippen LogP contribution in [0.2, 0.25) is 0 Å². The van der Waals surface area contributed by atoms with E-state index in [0.29, 0.717) is 17.1 Å². The summed E-state index contributed by atoms with van der Waals surface area (Å²) in [6, 6.07) is 6.93. The normalized spacial score (nSPS) is 11.6. The molecule has 0 saturated carbocycles. The molecule has 8 heteroatoms. The predicted molar refractivity (Wildman–Crippen MR) is 98.2 cm³/mol. The van der Waals surface area contributed by atoms with Crippen molar-refractivity contribution in [2.75, 3.05) is 19.0 Å². The van der Waals surface area contributed by atoms with Gasteiger partial charge in [0.05, 0.1) is 25.1 Å². The molecule has 0 spiro atoms. The number of esters is 1. The van der Waals surface area contributed by atoms with Crippen molar-refractivity contribution in [3.05, 3.63) is 46.8 Å². The molecule has 0 saturated heterocycles. The summed E-state index contributed by atoms with van der Waals surface area (Å²) in [7, 11) is 1.26. The molecule has 0 fully saturated rings. The number of aryl methyl sites for hydroxylation is 2. The highest BCUT2D eigenvalue weighted by atomic mass is 16.5. The number of nitrogens with one attached hydrogen (secondary N) is 2. The fourth-order valence-corrected chi connectivity index (χ4v) is 2.69. The van der Waals surface area contributed by atoms with E-state index in [1.54, 1.807) is 45.0 Å². The Balaban J connectivity index is 1.92. The predicted octanol–water partition coefficient (Wildman–Crippen LogP) is 1.87. The van der Waals surface area contributed by atoms with Gasteiger partial charge in [-0.05, 0) is 38.5 Å². The van der Waals surface area contributed by atoms with Crippen molar-refractivity contribution < 1.29 is 23.6 Å². The van der Waals surface area contributed by atoms with Crippen LogP contribution in [-0.4, -0.2) is 36.6 Å². The Morgan fingerprint density at radius 2 is 1.85 bits per heavy atom. The molecule has 0 aliphatic rings. The molecule has 2 rings (SSSR count). The first-order valence-corrected chi connectivity index (χ1v) is 8.48. The molecular weight excluding hydrogens is 350 g/mol. The summed E-state index contributed by atoms with van der Waals surface area (Å²) in [5.41, 5.74) is 2.86. The minimum Gasteiger partial charge on any atom is -0.468 e. The smallest absolute Gasteiger partial charge is 0.325 e. The second-order valence-electron chi connectivity index (χ2n) is 6.18. The molecule has 0 aliphatic heterocycles. The molecule has 27 heavy (non-hydrogen) atoms. The Labute approximate surface area is 157 Å². The molecule has 1 heterocycles. The Bertz CT molecular complexity index is 807. The molecule has 1 unspecified atom stereocenters. The zero-order valence-electron chi connectivity index (χ0n) is 15.8. The van der Waals surface area contributed by atoms with Crippen LogP contribution in [0.15, 0.2) is 28.8 Å². The van der Waals surface area contributed by atoms with E-state index in [1.807, 2.05) is 0 Å². The van der Waals surface area contributed by atoms with Gasteiger partial charge in [0.25, 0.3) is 0 Å². The molecule has 0 aliphatic carbocycles. The second kappa shape index (κ2) is 8.98. The summed E-state index contributed by atoms with van der Waals surface area (Å²) in [4.78, 5) is 35.3. The minimum absolute atomic E-state index is 0.126. The maximum Gasteiger partial charge on any atom is 0.325 e. The lowest BCUT2D eigenvalue weighted by atomic mass is 9.98. The van der Waals surface area contributed by atoms with Gasteiger partial charge in [-0.25, -0.2) is 0 Å². The first-order valence-electron chi connectivity index (χ1n) is 8.48. The molecule has 1 aromatic carbocycles. The van der Waals surface area contributed by atoms with E-state index in [0.717, 1.165) is 11.1 Å². The van der Waals surface area contributed by atoms with E-state index in [1.165, 1.54) is 7.11 Å². The van der Waals surface area contributed by atoms with E-state index in [9.17, 15) is 14.4 Å². The molecule has 144 valence electrons. The van der Waals surface area contributed by atoms with Gasteiger partial charge in [0, 0.05) is 11.3 Å². The van der Waals surface area contributed by atoms with Crippen molar-refractivity contribution in [3.8, 4) is 0 Å². The highest BCUT2D eigenvalue weighted by molar-refractivity contribution is 5.95. The number of anilines is 1. The number of carbonyl (C=O) groups is 3. The molecule has 0 radical (unpaired) electrons. The Morgan fingerprint density at radius 3 is 2.41 bits per heavy atom. The number of methoxy groups -OCH3 is 1. The molecule has 8 nitrogen and oxygen atoms in total. The van der Waals surface area contributed by atoms with Gasteiger partial charge >= 0.3 is 5.97 Å². The number of amides is 2. The first kappa shape index (κ1) is 20.2. The van der Waals surface area contributed by atoms with Crippen LogP contribution in [0, 0.1) is 13.8 Å². The van der Waals surface area contributed by atoms with Crippen molar-refractivity contribution in [2.45, 2.75) is 33.1 Å². The summed E-state index contributed by atoms with van der Waals surface area (Å²) in [5.74, 6) is -0.741. The number of hydrogen-bond acceptors (Lipinski definition) is 6. The van der Waals surface area contributed by atoms with Crippen LogP contribution in [0.3, 0.4) is 0 Å². The van der Waals surface area contributed by atoms with E-state index < -0.39 is 11.9 Å². The number of rotatable bonds is 7. The number of ether oxygens (including phenoxy) is 1. The summed E-state index contributed by atoms with van der Waals surface area (Å²) in [6.45, 7) is 5.21. The fraction of sp³-hybridized carbons (Fsp3) is 0.368. The highest BCUT2D eigenvalue weighted by Gasteiger charge is 2.22. The van der Waals surface area contributed by atoms with Crippen LogP contribution in [-0.2, 0) is 25.5 Å². The van der Waals surface area contributed by atoms with Crippen molar-refractivity contribution in [2.24, 2.45) is 0 Å². The molecule has 2 N–H and O–H groups in total. The lowest BCUT2D eigenvalue weighted by Gasteiger charge is -2.12. The van der Waals surface area contributed by atoms with Crippen LogP contribution in [0.1, 0.15) is 35.4 Å². The van der Waals surface area contributed by atoms with Crippen LogP contribution in [0.25, 0.3) is 0 Å². The maximum absolute atomic E-state index is 12.5. The van der Waals surface area contributed by atoms with E-state index in [4.69, 9.17) is 4.52 Å². The molecule has 2 amide bonds. The van der Waals surface area contributed by atoms with Gasteiger partial charge in [0.1, 0.15) is 12.3 Å². The molecular formula is C19H23N3O5. The van der Waals surface area contributed by atoms with E-state index >= 15 is 0 Å². The zero-order valence-corrected chi connectivity index (χ0v) is 15.8. The lowest BCUT2D eigenvalue weighted by Crippen LogP contribution is -2.31. The average Bonchev–Trinajstić information content (AvgIpc) is 2.99. The van der Waals surface area contributed by atoms with E-state index in [2.05, 4.69) is 20.5 Å². The van der Waals surface area contributed by atoms with Gasteiger partial charge in [-0.15, -0.1) is 0 Å². The van der Waals surface area contributed by atoms with Crippen molar-refractivity contribution in [1.82, 2.24) is 10.5 Å². The monoisotopic (exact) mass is 373 g/mol. The number of aromatic nitrogens is 1. The highest BCUT2D eigenvalue weighted by Crippen LogP contribution is 2.24. The van der Waals surface area contributed by atoms with Crippen LogP contribution < -0.4 is 10.6 Å². The summed E-state index contributed by atoms with van der Waals surface area (Å²) in [6.07, 6.45) is 0.126. The first-order chi connectivity index (χ1) is 12.8. The Kier molecular flexibility index (Phi) is 6.70. The summed E-state index contributed by atoms with van der Waals surface area (Å²) in [5, 5.41) is 9.19. The third-order valence-corrected chi connectivity index (χ3v) is 4.16. The molecule has 1 atom stereocenters.